The number of rotatable bonds is 4. The molecule has 0 bridgehead atoms. The lowest BCUT2D eigenvalue weighted by Crippen LogP contribution is -2.26. The first kappa shape index (κ1) is 14.8. The van der Waals surface area contributed by atoms with Crippen molar-refractivity contribution in [2.24, 2.45) is 10.1 Å². The van der Waals surface area contributed by atoms with Crippen molar-refractivity contribution in [1.29, 1.82) is 0 Å². The molecule has 7 heteroatoms. The van der Waals surface area contributed by atoms with E-state index >= 15 is 0 Å². The van der Waals surface area contributed by atoms with Crippen molar-refractivity contribution in [2.75, 3.05) is 6.61 Å². The first-order valence-corrected chi connectivity index (χ1v) is 7.84. The van der Waals surface area contributed by atoms with Crippen LogP contribution in [0.4, 0.5) is 0 Å². The standard InChI is InChI=1S/C13H18N2O4S/c1-13(2,16)6-7-19-10-5-3-4-9-8-20(17,18)15-12(14)11(9)10/h3-5,16H,6-8H2,1-2H3,(H2,14,15). The molecule has 0 spiro atoms. The van der Waals surface area contributed by atoms with Crippen LogP contribution in [0.1, 0.15) is 31.4 Å². The van der Waals surface area contributed by atoms with E-state index in [-0.39, 0.29) is 11.6 Å². The first-order valence-electron chi connectivity index (χ1n) is 6.23. The van der Waals surface area contributed by atoms with Crippen molar-refractivity contribution in [1.82, 2.24) is 0 Å². The Hall–Kier alpha value is -1.60. The van der Waals surface area contributed by atoms with E-state index in [1.165, 1.54) is 0 Å². The Bertz CT molecular complexity index is 645. The first-order chi connectivity index (χ1) is 9.18. The maximum absolute atomic E-state index is 11.5. The third kappa shape index (κ3) is 3.49. The molecule has 0 saturated carbocycles. The normalized spacial score (nSPS) is 17.2. The highest BCUT2D eigenvalue weighted by Crippen LogP contribution is 2.28. The van der Waals surface area contributed by atoms with Gasteiger partial charge in [0.2, 0.25) is 0 Å². The zero-order valence-electron chi connectivity index (χ0n) is 11.5. The van der Waals surface area contributed by atoms with Crippen molar-refractivity contribution in [3.05, 3.63) is 29.3 Å². The Balaban J connectivity index is 2.26. The fourth-order valence-electron chi connectivity index (χ4n) is 1.94. The van der Waals surface area contributed by atoms with E-state index in [1.807, 2.05) is 0 Å². The molecule has 0 atom stereocenters. The zero-order valence-corrected chi connectivity index (χ0v) is 12.3. The van der Waals surface area contributed by atoms with Gasteiger partial charge in [-0.1, -0.05) is 12.1 Å². The van der Waals surface area contributed by atoms with Gasteiger partial charge in [0.15, 0.2) is 0 Å². The van der Waals surface area contributed by atoms with Crippen LogP contribution in [0, 0.1) is 0 Å². The number of benzene rings is 1. The minimum Gasteiger partial charge on any atom is -0.493 e. The molecule has 20 heavy (non-hydrogen) atoms. The molecule has 0 saturated heterocycles. The van der Waals surface area contributed by atoms with Crippen molar-refractivity contribution in [3.8, 4) is 5.75 Å². The highest BCUT2D eigenvalue weighted by atomic mass is 32.2. The lowest BCUT2D eigenvalue weighted by molar-refractivity contribution is 0.0553. The van der Waals surface area contributed by atoms with Crippen LogP contribution in [0.2, 0.25) is 0 Å². The summed E-state index contributed by atoms with van der Waals surface area (Å²) in [5.74, 6) is 0.263. The quantitative estimate of drug-likeness (QED) is 0.855. The van der Waals surface area contributed by atoms with Gasteiger partial charge >= 0.3 is 0 Å². The van der Waals surface area contributed by atoms with Crippen LogP contribution in [0.5, 0.6) is 5.75 Å². The lowest BCUT2D eigenvalue weighted by Gasteiger charge is -2.20. The number of hydrogen-bond donors (Lipinski definition) is 2. The van der Waals surface area contributed by atoms with Gasteiger partial charge in [-0.05, 0) is 25.5 Å². The number of aliphatic hydroxyl groups is 1. The Labute approximate surface area is 118 Å². The van der Waals surface area contributed by atoms with Crippen molar-refractivity contribution in [3.63, 3.8) is 0 Å². The minimum absolute atomic E-state index is 0.0508. The summed E-state index contributed by atoms with van der Waals surface area (Å²) in [6, 6.07) is 5.12. The summed E-state index contributed by atoms with van der Waals surface area (Å²) in [5, 5.41) is 9.65. The van der Waals surface area contributed by atoms with E-state index in [2.05, 4.69) is 4.40 Å². The molecule has 0 aromatic heterocycles. The van der Waals surface area contributed by atoms with Crippen LogP contribution in [0.25, 0.3) is 0 Å². The molecule has 0 unspecified atom stereocenters. The molecule has 110 valence electrons. The Morgan fingerprint density at radius 2 is 2.15 bits per heavy atom. The van der Waals surface area contributed by atoms with Gasteiger partial charge in [0.1, 0.15) is 11.6 Å². The molecule has 0 radical (unpaired) electrons. The second-order valence-electron chi connectivity index (χ2n) is 5.40. The molecule has 1 aromatic carbocycles. The van der Waals surface area contributed by atoms with Crippen molar-refractivity contribution < 1.29 is 18.3 Å². The van der Waals surface area contributed by atoms with Gasteiger partial charge < -0.3 is 15.6 Å². The number of fused-ring (bicyclic) bond motifs is 1. The molecule has 0 aliphatic carbocycles. The van der Waals surface area contributed by atoms with Crippen LogP contribution in [-0.2, 0) is 15.8 Å². The van der Waals surface area contributed by atoms with E-state index in [0.29, 0.717) is 29.9 Å². The molecular formula is C13H18N2O4S. The van der Waals surface area contributed by atoms with Gasteiger partial charge in [-0.15, -0.1) is 4.40 Å². The minimum atomic E-state index is -3.54. The molecule has 1 aliphatic rings. The topological polar surface area (TPSA) is 102 Å². The van der Waals surface area contributed by atoms with E-state index in [0.717, 1.165) is 0 Å². The summed E-state index contributed by atoms with van der Waals surface area (Å²) in [6.07, 6.45) is 0.450. The van der Waals surface area contributed by atoms with E-state index < -0.39 is 15.6 Å². The number of hydrogen-bond acceptors (Lipinski definition) is 5. The molecule has 1 heterocycles. The monoisotopic (exact) mass is 298 g/mol. The third-order valence-electron chi connectivity index (χ3n) is 2.92. The predicted molar refractivity (Wildman–Crippen MR) is 76.2 cm³/mol. The number of nitrogens with two attached hydrogens (primary N) is 1. The number of nitrogens with zero attached hydrogens (tertiary/aromatic N) is 1. The number of ether oxygens (including phenoxy) is 1. The molecule has 0 amide bonds. The number of sulfonamides is 1. The fraction of sp³-hybridized carbons (Fsp3) is 0.462. The van der Waals surface area contributed by atoms with Gasteiger partial charge in [0.25, 0.3) is 10.0 Å². The van der Waals surface area contributed by atoms with Gasteiger partial charge in [0, 0.05) is 6.42 Å². The number of amidine groups is 1. The fourth-order valence-corrected chi connectivity index (χ4v) is 3.03. The predicted octanol–water partition coefficient (Wildman–Crippen LogP) is 0.775. The lowest BCUT2D eigenvalue weighted by atomic mass is 10.1. The summed E-state index contributed by atoms with van der Waals surface area (Å²) in [7, 11) is -3.54. The van der Waals surface area contributed by atoms with Crippen LogP contribution in [0.3, 0.4) is 0 Å². The third-order valence-corrected chi connectivity index (χ3v) is 4.07. The van der Waals surface area contributed by atoms with Gasteiger partial charge in [0.05, 0.1) is 23.5 Å². The summed E-state index contributed by atoms with van der Waals surface area (Å²) in [4.78, 5) is 0. The SMILES string of the molecule is CC(C)(O)CCOc1cccc2c1C(N)=NS(=O)(=O)C2. The molecule has 6 nitrogen and oxygen atoms in total. The largest absolute Gasteiger partial charge is 0.493 e. The summed E-state index contributed by atoms with van der Waals surface area (Å²) < 4.78 is 32.2. The second kappa shape index (κ2) is 5.06. The maximum Gasteiger partial charge on any atom is 0.259 e. The van der Waals surface area contributed by atoms with Gasteiger partial charge in [-0.3, -0.25) is 0 Å². The van der Waals surface area contributed by atoms with Gasteiger partial charge in [-0.2, -0.15) is 0 Å². The molecule has 3 N–H and O–H groups in total. The second-order valence-corrected chi connectivity index (χ2v) is 7.04. The Kier molecular flexibility index (Phi) is 3.75. The molecule has 0 fully saturated rings. The van der Waals surface area contributed by atoms with E-state index in [4.69, 9.17) is 10.5 Å². The van der Waals surface area contributed by atoms with E-state index in [1.54, 1.807) is 32.0 Å². The summed E-state index contributed by atoms with van der Waals surface area (Å²) in [6.45, 7) is 3.69. The van der Waals surface area contributed by atoms with Crippen LogP contribution in [-0.4, -0.2) is 31.6 Å². The van der Waals surface area contributed by atoms with Crippen LogP contribution >= 0.6 is 0 Å². The summed E-state index contributed by atoms with van der Waals surface area (Å²) >= 11 is 0. The summed E-state index contributed by atoms with van der Waals surface area (Å²) in [5.41, 5.74) is 6.01. The highest BCUT2D eigenvalue weighted by Gasteiger charge is 2.25. The molecule has 1 aromatic rings. The van der Waals surface area contributed by atoms with Crippen molar-refractivity contribution in [2.45, 2.75) is 31.6 Å². The van der Waals surface area contributed by atoms with Crippen LogP contribution in [0.15, 0.2) is 22.6 Å². The van der Waals surface area contributed by atoms with Crippen LogP contribution < -0.4 is 10.5 Å². The maximum atomic E-state index is 11.5. The van der Waals surface area contributed by atoms with Crippen molar-refractivity contribution >= 4 is 15.9 Å². The zero-order chi connectivity index (χ0) is 15.0. The Morgan fingerprint density at radius 3 is 2.80 bits per heavy atom. The van der Waals surface area contributed by atoms with Gasteiger partial charge in [-0.25, -0.2) is 8.42 Å². The van der Waals surface area contributed by atoms with E-state index in [9.17, 15) is 13.5 Å². The average Bonchev–Trinajstić information content (AvgIpc) is 2.24. The molecule has 1 aliphatic heterocycles. The molecule has 2 rings (SSSR count). The average molecular weight is 298 g/mol. The smallest absolute Gasteiger partial charge is 0.259 e. The Morgan fingerprint density at radius 1 is 1.45 bits per heavy atom. The highest BCUT2D eigenvalue weighted by molar-refractivity contribution is 7.89. The molecular weight excluding hydrogens is 280 g/mol.